The molecule has 0 unspecified atom stereocenters. The van der Waals surface area contributed by atoms with E-state index in [4.69, 9.17) is 4.52 Å². The molecule has 2 N–H and O–H groups in total. The van der Waals surface area contributed by atoms with Crippen LogP contribution in [0.1, 0.15) is 32.2 Å². The highest BCUT2D eigenvalue weighted by molar-refractivity contribution is 7.98. The van der Waals surface area contributed by atoms with E-state index in [1.54, 1.807) is 49.6 Å². The smallest absolute Gasteiger partial charge is 0.258 e. The van der Waals surface area contributed by atoms with Crippen LogP contribution >= 0.6 is 11.8 Å². The molecule has 1 aromatic carbocycles. The number of carbonyl (C=O) groups is 2. The maximum absolute atomic E-state index is 12.6. The lowest BCUT2D eigenvalue weighted by Gasteiger charge is -2.09. The number of nitrogens with zero attached hydrogens (tertiary/aromatic N) is 2. The van der Waals surface area contributed by atoms with Crippen molar-refractivity contribution in [3.05, 3.63) is 71.2 Å². The Balaban J connectivity index is 1.70. The molecule has 0 saturated carbocycles. The molecule has 7 nitrogen and oxygen atoms in total. The van der Waals surface area contributed by atoms with Crippen LogP contribution in [0.25, 0.3) is 0 Å². The molecule has 0 radical (unpaired) electrons. The van der Waals surface area contributed by atoms with Gasteiger partial charge in [0.15, 0.2) is 0 Å². The number of carbonyl (C=O) groups excluding carboxylic acids is 2. The summed E-state index contributed by atoms with van der Waals surface area (Å²) in [6.07, 6.45) is 1.64. The Morgan fingerprint density at radius 3 is 2.59 bits per heavy atom. The first kappa shape index (κ1) is 18.7. The van der Waals surface area contributed by atoms with Gasteiger partial charge in [0.1, 0.15) is 10.8 Å². The molecule has 3 rings (SSSR count). The van der Waals surface area contributed by atoms with E-state index in [2.05, 4.69) is 20.8 Å². The van der Waals surface area contributed by atoms with E-state index < -0.39 is 0 Å². The Hall–Kier alpha value is -3.13. The lowest BCUT2D eigenvalue weighted by Crippen LogP contribution is -2.18. The van der Waals surface area contributed by atoms with Gasteiger partial charge in [-0.15, -0.1) is 0 Å². The lowest BCUT2D eigenvalue weighted by molar-refractivity contribution is 0.0962. The molecule has 8 heteroatoms. The predicted octanol–water partition coefficient (Wildman–Crippen LogP) is 3.28. The van der Waals surface area contributed by atoms with Crippen molar-refractivity contribution in [1.82, 2.24) is 15.5 Å². The minimum atomic E-state index is -0.269. The zero-order valence-electron chi connectivity index (χ0n) is 14.9. The molecule has 0 saturated heterocycles. The van der Waals surface area contributed by atoms with Crippen molar-refractivity contribution in [2.75, 3.05) is 12.4 Å². The number of hydrogen-bond donors (Lipinski definition) is 2. The molecule has 0 fully saturated rings. The molecule has 3 aromatic rings. The van der Waals surface area contributed by atoms with Crippen molar-refractivity contribution in [2.45, 2.75) is 17.7 Å². The summed E-state index contributed by atoms with van der Waals surface area (Å²) in [5.41, 5.74) is 2.38. The Bertz CT molecular complexity index is 954. The predicted molar refractivity (Wildman–Crippen MR) is 103 cm³/mol. The first-order valence-electron chi connectivity index (χ1n) is 8.20. The summed E-state index contributed by atoms with van der Waals surface area (Å²) < 4.78 is 5.05. The summed E-state index contributed by atoms with van der Waals surface area (Å²) in [5.74, 6) is 0.844. The van der Waals surface area contributed by atoms with E-state index in [0.717, 1.165) is 11.5 Å². The normalized spacial score (nSPS) is 10.4. The summed E-state index contributed by atoms with van der Waals surface area (Å²) in [4.78, 5) is 28.5. The van der Waals surface area contributed by atoms with E-state index in [9.17, 15) is 9.59 Å². The van der Waals surface area contributed by atoms with Crippen LogP contribution in [0.4, 0.5) is 5.69 Å². The number of aromatic nitrogens is 2. The van der Waals surface area contributed by atoms with Gasteiger partial charge in [0.05, 0.1) is 11.3 Å². The van der Waals surface area contributed by atoms with E-state index >= 15 is 0 Å². The summed E-state index contributed by atoms with van der Waals surface area (Å²) in [7, 11) is 1.57. The summed E-state index contributed by atoms with van der Waals surface area (Å²) in [5, 5.41) is 9.94. The first-order chi connectivity index (χ1) is 13.1. The quantitative estimate of drug-likeness (QED) is 0.635. The number of amides is 2. The van der Waals surface area contributed by atoms with Gasteiger partial charge in [0.2, 0.25) is 0 Å². The fourth-order valence-electron chi connectivity index (χ4n) is 2.35. The van der Waals surface area contributed by atoms with Gasteiger partial charge in [0, 0.05) is 36.3 Å². The largest absolute Gasteiger partial charge is 0.361 e. The molecule has 138 valence electrons. The number of anilines is 1. The SMILES string of the molecule is CNC(=O)c1ccc(NC(=O)c2cccnc2SCc2cc(C)on2)cc1. The third-order valence-corrected chi connectivity index (χ3v) is 4.72. The highest BCUT2D eigenvalue weighted by Crippen LogP contribution is 2.25. The van der Waals surface area contributed by atoms with Crippen LogP contribution in [-0.4, -0.2) is 29.0 Å². The number of nitrogens with one attached hydrogen (secondary N) is 2. The van der Waals surface area contributed by atoms with Crippen LogP contribution in [0.15, 0.2) is 58.2 Å². The number of rotatable bonds is 6. The van der Waals surface area contributed by atoms with E-state index in [1.165, 1.54) is 11.8 Å². The average Bonchev–Trinajstić information content (AvgIpc) is 3.11. The van der Waals surface area contributed by atoms with Gasteiger partial charge in [-0.05, 0) is 43.3 Å². The molecule has 27 heavy (non-hydrogen) atoms. The number of aryl methyl sites for hydroxylation is 1. The molecule has 2 aromatic heterocycles. The number of hydrogen-bond acceptors (Lipinski definition) is 6. The molecule has 0 aliphatic heterocycles. The maximum atomic E-state index is 12.6. The standard InChI is InChI=1S/C19H18N4O3S/c1-12-10-15(23-26-12)11-27-19-16(4-3-9-21-19)18(25)22-14-7-5-13(6-8-14)17(24)20-2/h3-10H,11H2,1-2H3,(H,20,24)(H,22,25). The number of benzene rings is 1. The topological polar surface area (TPSA) is 97.1 Å². The third kappa shape index (κ3) is 4.73. The Morgan fingerprint density at radius 2 is 1.93 bits per heavy atom. The van der Waals surface area contributed by atoms with Crippen LogP contribution in [0.5, 0.6) is 0 Å². The van der Waals surface area contributed by atoms with Gasteiger partial charge in [-0.1, -0.05) is 16.9 Å². The van der Waals surface area contributed by atoms with Crippen LogP contribution in [0, 0.1) is 6.92 Å². The zero-order valence-corrected chi connectivity index (χ0v) is 15.7. The van der Waals surface area contributed by atoms with Gasteiger partial charge in [-0.3, -0.25) is 9.59 Å². The molecular formula is C19H18N4O3S. The second kappa shape index (κ2) is 8.50. The third-order valence-electron chi connectivity index (χ3n) is 3.68. The van der Waals surface area contributed by atoms with E-state index in [0.29, 0.717) is 27.6 Å². The highest BCUT2D eigenvalue weighted by atomic mass is 32.2. The van der Waals surface area contributed by atoms with Gasteiger partial charge >= 0.3 is 0 Å². The molecule has 0 bridgehead atoms. The van der Waals surface area contributed by atoms with Gasteiger partial charge < -0.3 is 15.2 Å². The monoisotopic (exact) mass is 382 g/mol. The molecule has 0 aliphatic carbocycles. The number of thioether (sulfide) groups is 1. The first-order valence-corrected chi connectivity index (χ1v) is 9.19. The minimum absolute atomic E-state index is 0.179. The van der Waals surface area contributed by atoms with E-state index in [1.807, 2.05) is 13.0 Å². The highest BCUT2D eigenvalue weighted by Gasteiger charge is 2.14. The Kier molecular flexibility index (Phi) is 5.87. The maximum Gasteiger partial charge on any atom is 0.258 e. The van der Waals surface area contributed by atoms with Crippen molar-refractivity contribution < 1.29 is 14.1 Å². The molecule has 2 heterocycles. The Morgan fingerprint density at radius 1 is 1.15 bits per heavy atom. The molecule has 2 amide bonds. The van der Waals surface area contributed by atoms with Crippen molar-refractivity contribution >= 4 is 29.3 Å². The van der Waals surface area contributed by atoms with Gasteiger partial charge in [-0.25, -0.2) is 4.98 Å². The van der Waals surface area contributed by atoms with Crippen molar-refractivity contribution in [1.29, 1.82) is 0 Å². The van der Waals surface area contributed by atoms with Crippen LogP contribution in [0.2, 0.25) is 0 Å². The van der Waals surface area contributed by atoms with Gasteiger partial charge in [-0.2, -0.15) is 0 Å². The zero-order chi connectivity index (χ0) is 19.2. The number of pyridine rings is 1. The van der Waals surface area contributed by atoms with E-state index in [-0.39, 0.29) is 11.8 Å². The van der Waals surface area contributed by atoms with Crippen molar-refractivity contribution in [2.24, 2.45) is 0 Å². The molecule has 0 spiro atoms. The molecule has 0 atom stereocenters. The van der Waals surface area contributed by atoms with Crippen LogP contribution in [-0.2, 0) is 5.75 Å². The second-order valence-electron chi connectivity index (χ2n) is 5.68. The fraction of sp³-hybridized carbons (Fsp3) is 0.158. The second-order valence-corrected chi connectivity index (χ2v) is 6.65. The summed E-state index contributed by atoms with van der Waals surface area (Å²) in [6.45, 7) is 1.83. The van der Waals surface area contributed by atoms with Crippen molar-refractivity contribution in [3.8, 4) is 0 Å². The average molecular weight is 382 g/mol. The summed E-state index contributed by atoms with van der Waals surface area (Å²) >= 11 is 1.41. The minimum Gasteiger partial charge on any atom is -0.361 e. The lowest BCUT2D eigenvalue weighted by atomic mass is 10.2. The van der Waals surface area contributed by atoms with Crippen LogP contribution < -0.4 is 10.6 Å². The van der Waals surface area contributed by atoms with Crippen LogP contribution in [0.3, 0.4) is 0 Å². The molecular weight excluding hydrogens is 364 g/mol. The van der Waals surface area contributed by atoms with Gasteiger partial charge in [0.25, 0.3) is 11.8 Å². The summed E-state index contributed by atoms with van der Waals surface area (Å²) in [6, 6.07) is 12.0. The molecule has 0 aliphatic rings. The fourth-order valence-corrected chi connectivity index (χ4v) is 3.23. The van der Waals surface area contributed by atoms with Crippen molar-refractivity contribution in [3.63, 3.8) is 0 Å². The Labute approximate surface area is 160 Å².